The molecule has 2 aromatic heterocycles. The first-order chi connectivity index (χ1) is 9.33. The summed E-state index contributed by atoms with van der Waals surface area (Å²) in [6.45, 7) is 3.30. The summed E-state index contributed by atoms with van der Waals surface area (Å²) in [4.78, 5) is 4.03. The molecule has 6 nitrogen and oxygen atoms in total. The molecule has 0 bridgehead atoms. The molecule has 0 unspecified atom stereocenters. The Kier molecular flexibility index (Phi) is 4.33. The van der Waals surface area contributed by atoms with Crippen molar-refractivity contribution < 1.29 is 13.6 Å². The molecular weight excluding hydrogens is 342 g/mol. The van der Waals surface area contributed by atoms with E-state index >= 15 is 0 Å². The minimum atomic E-state index is -3.70. The summed E-state index contributed by atoms with van der Waals surface area (Å²) in [6, 6.07) is 1.50. The summed E-state index contributed by atoms with van der Waals surface area (Å²) in [6.07, 6.45) is 0. The Labute approximate surface area is 128 Å². The van der Waals surface area contributed by atoms with Crippen LogP contribution in [0, 0.1) is 6.92 Å². The van der Waals surface area contributed by atoms with E-state index in [0.29, 0.717) is 21.3 Å². The molecule has 0 radical (unpaired) electrons. The molecule has 2 heterocycles. The predicted octanol–water partition coefficient (Wildman–Crippen LogP) is 3.17. The molecule has 0 aliphatic rings. The van der Waals surface area contributed by atoms with E-state index in [0.717, 1.165) is 22.7 Å². The van der Waals surface area contributed by atoms with E-state index < -0.39 is 10.0 Å². The normalized spacial score (nSPS) is 12.7. The van der Waals surface area contributed by atoms with Gasteiger partial charge in [-0.15, -0.1) is 22.7 Å². The number of hydrogen-bond acceptors (Lipinski definition) is 7. The molecule has 108 valence electrons. The number of halogens is 1. The van der Waals surface area contributed by atoms with Crippen LogP contribution in [0.5, 0.6) is 0 Å². The van der Waals surface area contributed by atoms with Gasteiger partial charge in [-0.1, -0.05) is 16.8 Å². The maximum atomic E-state index is 12.1. The lowest BCUT2D eigenvalue weighted by molar-refractivity contribution is 0.319. The van der Waals surface area contributed by atoms with E-state index in [1.165, 1.54) is 6.07 Å². The molecule has 0 saturated carbocycles. The van der Waals surface area contributed by atoms with Gasteiger partial charge in [0.05, 0.1) is 4.34 Å². The monoisotopic (exact) mass is 351 g/mol. The fraction of sp³-hybridized carbons (Fsp3) is 0.200. The van der Waals surface area contributed by atoms with Gasteiger partial charge in [-0.2, -0.15) is 0 Å². The summed E-state index contributed by atoms with van der Waals surface area (Å²) in [7, 11) is -3.70. The largest absolute Gasteiger partial charge is 0.411 e. The van der Waals surface area contributed by atoms with Gasteiger partial charge in [0.2, 0.25) is 0 Å². The molecule has 2 N–H and O–H groups in total. The number of thiophene rings is 1. The third-order valence-corrected chi connectivity index (χ3v) is 6.60. The number of sulfonamides is 1. The van der Waals surface area contributed by atoms with Crippen molar-refractivity contribution in [2.24, 2.45) is 5.16 Å². The summed E-state index contributed by atoms with van der Waals surface area (Å²) < 4.78 is 27.2. The average Bonchev–Trinajstić information content (AvgIpc) is 2.96. The first-order valence-electron chi connectivity index (χ1n) is 5.27. The number of nitrogens with one attached hydrogen (secondary N) is 1. The lowest BCUT2D eigenvalue weighted by Crippen LogP contribution is -2.11. The van der Waals surface area contributed by atoms with Gasteiger partial charge >= 0.3 is 0 Å². The van der Waals surface area contributed by atoms with Crippen LogP contribution in [0.25, 0.3) is 0 Å². The summed E-state index contributed by atoms with van der Waals surface area (Å²) in [5, 5.41) is 13.4. The van der Waals surface area contributed by atoms with Crippen LogP contribution in [0.2, 0.25) is 4.34 Å². The van der Waals surface area contributed by atoms with Crippen molar-refractivity contribution in [2.45, 2.75) is 18.1 Å². The standard InChI is InChI=1S/C10H10ClN3O3S3/c1-5-3-8(19-9(5)11)20(16,17)14-10-12-7(4-18-10)6(2)13-15/h3-4,15H,1-2H3,(H,12,14). The van der Waals surface area contributed by atoms with Crippen molar-refractivity contribution in [3.05, 3.63) is 27.0 Å². The number of thiazole rings is 1. The van der Waals surface area contributed by atoms with Crippen LogP contribution in [0.1, 0.15) is 18.2 Å². The van der Waals surface area contributed by atoms with Crippen molar-refractivity contribution in [1.29, 1.82) is 0 Å². The van der Waals surface area contributed by atoms with Crippen LogP contribution in [0.4, 0.5) is 5.13 Å². The summed E-state index contributed by atoms with van der Waals surface area (Å²) in [5.41, 5.74) is 1.43. The zero-order chi connectivity index (χ0) is 14.9. The van der Waals surface area contributed by atoms with Crippen LogP contribution >= 0.6 is 34.3 Å². The van der Waals surface area contributed by atoms with Crippen molar-refractivity contribution >= 4 is 55.1 Å². The van der Waals surface area contributed by atoms with Gasteiger partial charge in [0, 0.05) is 5.38 Å². The zero-order valence-corrected chi connectivity index (χ0v) is 13.6. The number of oxime groups is 1. The van der Waals surface area contributed by atoms with Gasteiger partial charge in [-0.25, -0.2) is 13.4 Å². The molecule has 2 rings (SSSR count). The van der Waals surface area contributed by atoms with Crippen molar-refractivity contribution in [3.63, 3.8) is 0 Å². The van der Waals surface area contributed by atoms with Gasteiger partial charge in [-0.05, 0) is 25.5 Å². The van der Waals surface area contributed by atoms with Gasteiger partial charge in [-0.3, -0.25) is 4.72 Å². The number of aryl methyl sites for hydroxylation is 1. The van der Waals surface area contributed by atoms with Gasteiger partial charge < -0.3 is 5.21 Å². The minimum absolute atomic E-state index is 0.129. The Hall–Kier alpha value is -1.16. The molecule has 10 heteroatoms. The Balaban J connectivity index is 2.27. The molecule has 0 atom stereocenters. The van der Waals surface area contributed by atoms with E-state index in [4.69, 9.17) is 16.8 Å². The SMILES string of the molecule is CC(=NO)c1csc(NS(=O)(=O)c2cc(C)c(Cl)s2)n1. The van der Waals surface area contributed by atoms with Crippen molar-refractivity contribution in [1.82, 2.24) is 4.98 Å². The second kappa shape index (κ2) is 5.68. The first-order valence-corrected chi connectivity index (χ1v) is 8.82. The van der Waals surface area contributed by atoms with Crippen LogP contribution in [-0.2, 0) is 10.0 Å². The van der Waals surface area contributed by atoms with E-state index in [9.17, 15) is 8.42 Å². The van der Waals surface area contributed by atoms with Crippen LogP contribution in [0.3, 0.4) is 0 Å². The highest BCUT2D eigenvalue weighted by molar-refractivity contribution is 7.94. The average molecular weight is 352 g/mol. The summed E-state index contributed by atoms with van der Waals surface area (Å²) in [5.74, 6) is 0. The van der Waals surface area contributed by atoms with Crippen LogP contribution < -0.4 is 4.72 Å². The summed E-state index contributed by atoms with van der Waals surface area (Å²) >= 11 is 7.96. The van der Waals surface area contributed by atoms with Gasteiger partial charge in [0.25, 0.3) is 10.0 Å². The van der Waals surface area contributed by atoms with E-state index in [1.807, 2.05) is 0 Å². The van der Waals surface area contributed by atoms with Crippen LogP contribution in [-0.4, -0.2) is 24.3 Å². The number of aromatic nitrogens is 1. The molecule has 0 aromatic carbocycles. The lowest BCUT2D eigenvalue weighted by Gasteiger charge is -2.01. The lowest BCUT2D eigenvalue weighted by atomic mass is 10.3. The van der Waals surface area contributed by atoms with E-state index in [1.54, 1.807) is 19.2 Å². The van der Waals surface area contributed by atoms with Gasteiger partial charge in [0.1, 0.15) is 15.6 Å². The van der Waals surface area contributed by atoms with Crippen molar-refractivity contribution in [2.75, 3.05) is 4.72 Å². The number of hydrogen-bond donors (Lipinski definition) is 2. The molecular formula is C10H10ClN3O3S3. The molecule has 2 aromatic rings. The maximum Gasteiger partial charge on any atom is 0.273 e. The highest BCUT2D eigenvalue weighted by Gasteiger charge is 2.20. The Bertz CT molecular complexity index is 744. The number of anilines is 1. The Morgan fingerprint density at radius 3 is 2.80 bits per heavy atom. The predicted molar refractivity (Wildman–Crippen MR) is 81.0 cm³/mol. The fourth-order valence-electron chi connectivity index (χ4n) is 1.27. The topological polar surface area (TPSA) is 91.7 Å². The number of nitrogens with zero attached hydrogens (tertiary/aromatic N) is 2. The molecule has 0 saturated heterocycles. The van der Waals surface area contributed by atoms with E-state index in [2.05, 4.69) is 14.9 Å². The Morgan fingerprint density at radius 2 is 2.25 bits per heavy atom. The molecule has 0 fully saturated rings. The smallest absolute Gasteiger partial charge is 0.273 e. The highest BCUT2D eigenvalue weighted by atomic mass is 35.5. The van der Waals surface area contributed by atoms with E-state index in [-0.39, 0.29) is 9.34 Å². The van der Waals surface area contributed by atoms with Crippen molar-refractivity contribution in [3.8, 4) is 0 Å². The third kappa shape index (κ3) is 3.11. The first kappa shape index (κ1) is 15.2. The highest BCUT2D eigenvalue weighted by Crippen LogP contribution is 2.31. The second-order valence-corrected chi connectivity index (χ2v) is 8.27. The molecule has 0 amide bonds. The zero-order valence-electron chi connectivity index (χ0n) is 10.4. The van der Waals surface area contributed by atoms with Crippen LogP contribution in [0.15, 0.2) is 20.8 Å². The van der Waals surface area contributed by atoms with Gasteiger partial charge in [0.15, 0.2) is 5.13 Å². The molecule has 0 spiro atoms. The maximum absolute atomic E-state index is 12.1. The molecule has 20 heavy (non-hydrogen) atoms. The Morgan fingerprint density at radius 1 is 1.55 bits per heavy atom. The molecule has 0 aliphatic heterocycles. The number of rotatable bonds is 4. The fourth-order valence-corrected chi connectivity index (χ4v) is 4.98. The molecule has 0 aliphatic carbocycles. The second-order valence-electron chi connectivity index (χ2n) is 3.85. The third-order valence-electron chi connectivity index (χ3n) is 2.35. The quantitative estimate of drug-likeness (QED) is 0.502. The minimum Gasteiger partial charge on any atom is -0.411 e.